The van der Waals surface area contributed by atoms with Crippen LogP contribution in [0.25, 0.3) is 0 Å². The van der Waals surface area contributed by atoms with Crippen molar-refractivity contribution in [3.8, 4) is 0 Å². The molecule has 7 heteroatoms. The first-order valence-corrected chi connectivity index (χ1v) is 7.58. The molecule has 0 radical (unpaired) electrons. The number of hydrogen-bond donors (Lipinski definition) is 2. The van der Waals surface area contributed by atoms with Gasteiger partial charge in [-0.05, 0) is 23.8 Å². The van der Waals surface area contributed by atoms with Gasteiger partial charge >= 0.3 is 0 Å². The summed E-state index contributed by atoms with van der Waals surface area (Å²) in [5.41, 5.74) is 1.38. The fourth-order valence-corrected chi connectivity index (χ4v) is 2.13. The first-order chi connectivity index (χ1) is 12.2. The fraction of sp³-hybridized carbons (Fsp3) is 0.0556. The van der Waals surface area contributed by atoms with Gasteiger partial charge in [0.15, 0.2) is 11.5 Å². The molecule has 0 saturated carbocycles. The number of carbonyl (C=O) groups is 2. The molecule has 1 aromatic carbocycles. The largest absolute Gasteiger partial charge is 0.346 e. The van der Waals surface area contributed by atoms with E-state index in [0.29, 0.717) is 12.1 Å². The first-order valence-electron chi connectivity index (χ1n) is 7.58. The number of rotatable bonds is 5. The SMILES string of the molecule is O=C(Nc1nccnc1C(=O)NCc1cccnc1)c1ccccc1. The number of carbonyl (C=O) groups excluding carboxylic acids is 2. The van der Waals surface area contributed by atoms with Crippen molar-refractivity contribution in [2.75, 3.05) is 5.32 Å². The average Bonchev–Trinajstić information content (AvgIpc) is 2.68. The average molecular weight is 333 g/mol. The Morgan fingerprint density at radius 3 is 2.44 bits per heavy atom. The lowest BCUT2D eigenvalue weighted by Crippen LogP contribution is -2.26. The summed E-state index contributed by atoms with van der Waals surface area (Å²) in [6.07, 6.45) is 6.13. The van der Waals surface area contributed by atoms with E-state index in [1.54, 1.807) is 42.7 Å². The summed E-state index contributed by atoms with van der Waals surface area (Å²) in [7, 11) is 0. The van der Waals surface area contributed by atoms with E-state index in [9.17, 15) is 9.59 Å². The standard InChI is InChI=1S/C18H15N5O2/c24-17(14-6-2-1-3-7-14)23-16-15(20-9-10-21-16)18(25)22-12-13-5-4-8-19-11-13/h1-11H,12H2,(H,22,25)(H,21,23,24). The summed E-state index contributed by atoms with van der Waals surface area (Å²) in [5, 5.41) is 5.36. The van der Waals surface area contributed by atoms with Crippen molar-refractivity contribution in [1.82, 2.24) is 20.3 Å². The molecule has 3 rings (SSSR count). The van der Waals surface area contributed by atoms with Crippen LogP contribution in [0.3, 0.4) is 0 Å². The van der Waals surface area contributed by atoms with Crippen LogP contribution in [0.1, 0.15) is 26.4 Å². The molecule has 0 fully saturated rings. The van der Waals surface area contributed by atoms with Gasteiger partial charge in [-0.2, -0.15) is 0 Å². The Labute approximate surface area is 144 Å². The molecular weight excluding hydrogens is 318 g/mol. The van der Waals surface area contributed by atoms with E-state index in [1.165, 1.54) is 12.4 Å². The van der Waals surface area contributed by atoms with Gasteiger partial charge in [0.1, 0.15) is 0 Å². The second-order valence-electron chi connectivity index (χ2n) is 5.12. The molecule has 2 heterocycles. The Hall–Kier alpha value is -3.61. The molecule has 2 amide bonds. The van der Waals surface area contributed by atoms with Crippen molar-refractivity contribution >= 4 is 17.6 Å². The minimum Gasteiger partial charge on any atom is -0.346 e. The topological polar surface area (TPSA) is 96.9 Å². The fourth-order valence-electron chi connectivity index (χ4n) is 2.13. The van der Waals surface area contributed by atoms with Crippen molar-refractivity contribution in [3.63, 3.8) is 0 Å². The zero-order valence-corrected chi connectivity index (χ0v) is 13.2. The highest BCUT2D eigenvalue weighted by Gasteiger charge is 2.16. The number of hydrogen-bond acceptors (Lipinski definition) is 5. The van der Waals surface area contributed by atoms with Crippen LogP contribution in [0.15, 0.2) is 67.3 Å². The van der Waals surface area contributed by atoms with E-state index in [0.717, 1.165) is 5.56 Å². The van der Waals surface area contributed by atoms with Crippen LogP contribution < -0.4 is 10.6 Å². The molecule has 0 aliphatic rings. The molecule has 3 aromatic rings. The summed E-state index contributed by atoms with van der Waals surface area (Å²) in [6, 6.07) is 12.3. The van der Waals surface area contributed by atoms with E-state index in [2.05, 4.69) is 25.6 Å². The van der Waals surface area contributed by atoms with E-state index >= 15 is 0 Å². The third-order valence-corrected chi connectivity index (χ3v) is 3.36. The van der Waals surface area contributed by atoms with Gasteiger partial charge in [0.2, 0.25) is 0 Å². The quantitative estimate of drug-likeness (QED) is 0.745. The molecule has 0 saturated heterocycles. The third kappa shape index (κ3) is 4.23. The van der Waals surface area contributed by atoms with E-state index in [4.69, 9.17) is 0 Å². The van der Waals surface area contributed by atoms with Gasteiger partial charge in [0, 0.05) is 36.9 Å². The Bertz CT molecular complexity index is 869. The number of pyridine rings is 1. The van der Waals surface area contributed by atoms with Crippen molar-refractivity contribution < 1.29 is 9.59 Å². The molecule has 25 heavy (non-hydrogen) atoms. The van der Waals surface area contributed by atoms with Crippen molar-refractivity contribution in [1.29, 1.82) is 0 Å². The lowest BCUT2D eigenvalue weighted by atomic mass is 10.2. The van der Waals surface area contributed by atoms with Crippen LogP contribution in [0.5, 0.6) is 0 Å². The maximum atomic E-state index is 12.4. The summed E-state index contributed by atoms with van der Waals surface area (Å²) in [4.78, 5) is 36.7. The van der Waals surface area contributed by atoms with Gasteiger partial charge < -0.3 is 10.6 Å². The minimum absolute atomic E-state index is 0.0515. The van der Waals surface area contributed by atoms with Gasteiger partial charge in [-0.25, -0.2) is 9.97 Å². The van der Waals surface area contributed by atoms with E-state index < -0.39 is 5.91 Å². The van der Waals surface area contributed by atoms with Gasteiger partial charge in [-0.3, -0.25) is 14.6 Å². The van der Waals surface area contributed by atoms with E-state index in [-0.39, 0.29) is 17.4 Å². The number of aromatic nitrogens is 3. The van der Waals surface area contributed by atoms with Crippen LogP contribution in [-0.4, -0.2) is 26.8 Å². The number of benzene rings is 1. The summed E-state index contributed by atoms with van der Waals surface area (Å²) in [6.45, 7) is 0.301. The molecule has 0 spiro atoms. The highest BCUT2D eigenvalue weighted by atomic mass is 16.2. The molecule has 0 atom stereocenters. The number of nitrogens with zero attached hydrogens (tertiary/aromatic N) is 3. The number of nitrogens with one attached hydrogen (secondary N) is 2. The van der Waals surface area contributed by atoms with Crippen LogP contribution in [0.2, 0.25) is 0 Å². The molecule has 2 N–H and O–H groups in total. The highest BCUT2D eigenvalue weighted by Crippen LogP contribution is 2.11. The Balaban J connectivity index is 1.72. The zero-order chi connectivity index (χ0) is 17.5. The van der Waals surface area contributed by atoms with Crippen LogP contribution >= 0.6 is 0 Å². The molecule has 124 valence electrons. The van der Waals surface area contributed by atoms with Crippen LogP contribution in [0, 0.1) is 0 Å². The number of anilines is 1. The summed E-state index contributed by atoms with van der Waals surface area (Å²) in [5.74, 6) is -0.678. The van der Waals surface area contributed by atoms with Crippen molar-refractivity contribution in [2.45, 2.75) is 6.54 Å². The Morgan fingerprint density at radius 2 is 1.68 bits per heavy atom. The summed E-state index contributed by atoms with van der Waals surface area (Å²) >= 11 is 0. The smallest absolute Gasteiger partial charge is 0.274 e. The van der Waals surface area contributed by atoms with Crippen LogP contribution in [0.4, 0.5) is 5.82 Å². The highest BCUT2D eigenvalue weighted by molar-refractivity contribution is 6.07. The van der Waals surface area contributed by atoms with Gasteiger partial charge in [0.05, 0.1) is 0 Å². The lowest BCUT2D eigenvalue weighted by Gasteiger charge is -2.09. The maximum absolute atomic E-state index is 12.4. The third-order valence-electron chi connectivity index (χ3n) is 3.36. The normalized spacial score (nSPS) is 10.1. The number of amides is 2. The van der Waals surface area contributed by atoms with Crippen LogP contribution in [-0.2, 0) is 6.54 Å². The predicted molar refractivity (Wildman–Crippen MR) is 91.8 cm³/mol. The maximum Gasteiger partial charge on any atom is 0.274 e. The van der Waals surface area contributed by atoms with Crippen molar-refractivity contribution in [2.24, 2.45) is 0 Å². The van der Waals surface area contributed by atoms with Gasteiger partial charge in [-0.15, -0.1) is 0 Å². The molecule has 2 aromatic heterocycles. The van der Waals surface area contributed by atoms with E-state index in [1.807, 2.05) is 12.1 Å². The molecule has 7 nitrogen and oxygen atoms in total. The second kappa shape index (κ2) is 7.78. The second-order valence-corrected chi connectivity index (χ2v) is 5.12. The Morgan fingerprint density at radius 1 is 0.880 bits per heavy atom. The molecule has 0 aliphatic heterocycles. The lowest BCUT2D eigenvalue weighted by molar-refractivity contribution is 0.0946. The van der Waals surface area contributed by atoms with Gasteiger partial charge in [0.25, 0.3) is 11.8 Å². The predicted octanol–water partition coefficient (Wildman–Crippen LogP) is 2.05. The molecular formula is C18H15N5O2. The first kappa shape index (κ1) is 16.3. The minimum atomic E-state index is -0.430. The summed E-state index contributed by atoms with van der Waals surface area (Å²) < 4.78 is 0. The molecule has 0 unspecified atom stereocenters. The Kier molecular flexibility index (Phi) is 5.06. The molecule has 0 aliphatic carbocycles. The van der Waals surface area contributed by atoms with Gasteiger partial charge in [-0.1, -0.05) is 24.3 Å². The monoisotopic (exact) mass is 333 g/mol. The molecule has 0 bridgehead atoms. The van der Waals surface area contributed by atoms with Crippen molar-refractivity contribution in [3.05, 3.63) is 84.1 Å². The zero-order valence-electron chi connectivity index (χ0n) is 13.2.